The molecule has 1 N–H and O–H groups in total. The Morgan fingerprint density at radius 2 is 1.94 bits per heavy atom. The number of nitrogens with zero attached hydrogens (tertiary/aromatic N) is 2. The molecule has 0 atom stereocenters. The van der Waals surface area contributed by atoms with Gasteiger partial charge < -0.3 is 5.32 Å². The van der Waals surface area contributed by atoms with Crippen molar-refractivity contribution >= 4 is 11.3 Å². The van der Waals surface area contributed by atoms with Crippen LogP contribution < -0.4 is 5.32 Å². The van der Waals surface area contributed by atoms with Crippen LogP contribution in [-0.4, -0.2) is 30.0 Å². The molecule has 0 aliphatic rings. The fraction of sp³-hybridized carbons (Fsp3) is 0.769. The molecule has 1 heterocycles. The molecule has 4 heteroatoms. The van der Waals surface area contributed by atoms with Crippen molar-refractivity contribution in [2.24, 2.45) is 0 Å². The smallest absolute Gasteiger partial charge is 0.107 e. The van der Waals surface area contributed by atoms with Crippen LogP contribution in [0.2, 0.25) is 0 Å². The molecule has 0 bridgehead atoms. The molecule has 0 unspecified atom stereocenters. The number of thiazole rings is 1. The minimum atomic E-state index is 0.514. The highest BCUT2D eigenvalue weighted by Crippen LogP contribution is 2.25. The maximum Gasteiger partial charge on any atom is 0.107 e. The molecule has 0 aliphatic heterocycles. The predicted molar refractivity (Wildman–Crippen MR) is 75.6 cm³/mol. The minimum absolute atomic E-state index is 0.514. The lowest BCUT2D eigenvalue weighted by atomic mass is 10.1. The zero-order valence-electron chi connectivity index (χ0n) is 11.7. The highest BCUT2D eigenvalue weighted by molar-refractivity contribution is 7.11. The Morgan fingerprint density at radius 1 is 1.29 bits per heavy atom. The van der Waals surface area contributed by atoms with Crippen LogP contribution in [0.3, 0.4) is 0 Å². The van der Waals surface area contributed by atoms with Crippen molar-refractivity contribution in [2.45, 2.75) is 46.7 Å². The van der Waals surface area contributed by atoms with Gasteiger partial charge in [0.15, 0.2) is 0 Å². The first-order valence-electron chi connectivity index (χ1n) is 6.47. The first kappa shape index (κ1) is 14.6. The van der Waals surface area contributed by atoms with Crippen LogP contribution in [0.1, 0.15) is 49.2 Å². The van der Waals surface area contributed by atoms with Crippen molar-refractivity contribution in [1.29, 1.82) is 0 Å². The molecule has 0 amide bonds. The van der Waals surface area contributed by atoms with E-state index in [9.17, 15) is 0 Å². The van der Waals surface area contributed by atoms with Crippen molar-refractivity contribution in [2.75, 3.05) is 20.1 Å². The van der Waals surface area contributed by atoms with E-state index in [2.05, 4.69) is 37.9 Å². The second-order valence-corrected chi connectivity index (χ2v) is 5.73. The molecule has 1 aromatic heterocycles. The van der Waals surface area contributed by atoms with Crippen LogP contribution in [0.5, 0.6) is 0 Å². The Labute approximate surface area is 109 Å². The van der Waals surface area contributed by atoms with Crippen molar-refractivity contribution in [1.82, 2.24) is 15.2 Å². The van der Waals surface area contributed by atoms with E-state index < -0.39 is 0 Å². The molecule has 0 aromatic carbocycles. The van der Waals surface area contributed by atoms with Gasteiger partial charge in [0.1, 0.15) is 5.01 Å². The van der Waals surface area contributed by atoms with Gasteiger partial charge in [-0.25, -0.2) is 4.98 Å². The molecule has 0 saturated carbocycles. The normalized spacial score (nSPS) is 11.7. The van der Waals surface area contributed by atoms with Gasteiger partial charge in [0.25, 0.3) is 0 Å². The average Bonchev–Trinajstić information content (AvgIpc) is 2.69. The van der Waals surface area contributed by atoms with Gasteiger partial charge in [-0.05, 0) is 26.1 Å². The van der Waals surface area contributed by atoms with Crippen molar-refractivity contribution < 1.29 is 0 Å². The van der Waals surface area contributed by atoms with Crippen LogP contribution in [0.25, 0.3) is 0 Å². The summed E-state index contributed by atoms with van der Waals surface area (Å²) in [6.07, 6.45) is 0. The number of hydrogen-bond acceptors (Lipinski definition) is 4. The quantitative estimate of drug-likeness (QED) is 0.812. The number of aromatic nitrogens is 1. The molecule has 0 saturated heterocycles. The van der Waals surface area contributed by atoms with Gasteiger partial charge in [-0.3, -0.25) is 4.90 Å². The van der Waals surface area contributed by atoms with Gasteiger partial charge >= 0.3 is 0 Å². The third kappa shape index (κ3) is 4.05. The first-order valence-corrected chi connectivity index (χ1v) is 7.29. The second-order valence-electron chi connectivity index (χ2n) is 4.56. The standard InChI is InChI=1S/C13H25N3S/c1-6-16(7-2)9-12-15-13(10(3)4)11(17-12)8-14-5/h10,14H,6-9H2,1-5H3. The molecule has 0 radical (unpaired) electrons. The highest BCUT2D eigenvalue weighted by Gasteiger charge is 2.14. The van der Waals surface area contributed by atoms with E-state index in [1.807, 2.05) is 18.4 Å². The van der Waals surface area contributed by atoms with Gasteiger partial charge in [-0.1, -0.05) is 27.7 Å². The lowest BCUT2D eigenvalue weighted by Crippen LogP contribution is -2.21. The van der Waals surface area contributed by atoms with Crippen LogP contribution >= 0.6 is 11.3 Å². The van der Waals surface area contributed by atoms with Crippen molar-refractivity contribution in [3.8, 4) is 0 Å². The van der Waals surface area contributed by atoms with Gasteiger partial charge in [0, 0.05) is 11.4 Å². The number of hydrogen-bond donors (Lipinski definition) is 1. The molecule has 0 spiro atoms. The fourth-order valence-electron chi connectivity index (χ4n) is 1.86. The molecule has 3 nitrogen and oxygen atoms in total. The summed E-state index contributed by atoms with van der Waals surface area (Å²) < 4.78 is 0. The molecule has 1 aromatic rings. The van der Waals surface area contributed by atoms with E-state index in [4.69, 9.17) is 4.98 Å². The second kappa shape index (κ2) is 7.09. The van der Waals surface area contributed by atoms with E-state index >= 15 is 0 Å². The Balaban J connectivity index is 2.83. The zero-order valence-corrected chi connectivity index (χ0v) is 12.5. The molecule has 0 aliphatic carbocycles. The van der Waals surface area contributed by atoms with Crippen LogP contribution in [-0.2, 0) is 13.1 Å². The largest absolute Gasteiger partial charge is 0.315 e. The Bertz CT molecular complexity index is 329. The van der Waals surface area contributed by atoms with Crippen LogP contribution in [0.15, 0.2) is 0 Å². The maximum atomic E-state index is 4.80. The summed E-state index contributed by atoms with van der Waals surface area (Å²) in [5.74, 6) is 0.514. The molecule has 98 valence electrons. The van der Waals surface area contributed by atoms with E-state index in [-0.39, 0.29) is 0 Å². The summed E-state index contributed by atoms with van der Waals surface area (Å²) >= 11 is 1.86. The lowest BCUT2D eigenvalue weighted by Gasteiger charge is -2.15. The molecule has 17 heavy (non-hydrogen) atoms. The molecular weight excluding hydrogens is 230 g/mol. The summed E-state index contributed by atoms with van der Waals surface area (Å²) in [6, 6.07) is 0. The van der Waals surface area contributed by atoms with E-state index in [0.717, 1.165) is 26.2 Å². The third-order valence-corrected chi connectivity index (χ3v) is 3.97. The van der Waals surface area contributed by atoms with Gasteiger partial charge in [0.2, 0.25) is 0 Å². The molecule has 1 rings (SSSR count). The van der Waals surface area contributed by atoms with E-state index in [1.165, 1.54) is 15.6 Å². The zero-order chi connectivity index (χ0) is 12.8. The summed E-state index contributed by atoms with van der Waals surface area (Å²) in [5, 5.41) is 4.48. The van der Waals surface area contributed by atoms with E-state index in [1.54, 1.807) is 0 Å². The Kier molecular flexibility index (Phi) is 6.09. The predicted octanol–water partition coefficient (Wildman–Crippen LogP) is 2.83. The summed E-state index contributed by atoms with van der Waals surface area (Å²) in [4.78, 5) is 8.60. The van der Waals surface area contributed by atoms with Gasteiger partial charge in [0.05, 0.1) is 12.2 Å². The van der Waals surface area contributed by atoms with Crippen LogP contribution in [0, 0.1) is 0 Å². The summed E-state index contributed by atoms with van der Waals surface area (Å²) in [7, 11) is 1.99. The van der Waals surface area contributed by atoms with Crippen molar-refractivity contribution in [3.63, 3.8) is 0 Å². The Morgan fingerprint density at radius 3 is 2.41 bits per heavy atom. The average molecular weight is 255 g/mol. The number of nitrogens with one attached hydrogen (secondary N) is 1. The Hall–Kier alpha value is -0.450. The maximum absolute atomic E-state index is 4.80. The van der Waals surface area contributed by atoms with Gasteiger partial charge in [-0.15, -0.1) is 11.3 Å². The monoisotopic (exact) mass is 255 g/mol. The van der Waals surface area contributed by atoms with Gasteiger partial charge in [-0.2, -0.15) is 0 Å². The summed E-state index contributed by atoms with van der Waals surface area (Å²) in [6.45, 7) is 12.9. The lowest BCUT2D eigenvalue weighted by molar-refractivity contribution is 0.295. The fourth-order valence-corrected chi connectivity index (χ4v) is 3.14. The van der Waals surface area contributed by atoms with E-state index in [0.29, 0.717) is 5.92 Å². The highest BCUT2D eigenvalue weighted by atomic mass is 32.1. The minimum Gasteiger partial charge on any atom is -0.315 e. The molecule has 0 fully saturated rings. The molecular formula is C13H25N3S. The van der Waals surface area contributed by atoms with Crippen molar-refractivity contribution in [3.05, 3.63) is 15.6 Å². The van der Waals surface area contributed by atoms with Crippen LogP contribution in [0.4, 0.5) is 0 Å². The number of rotatable bonds is 7. The summed E-state index contributed by atoms with van der Waals surface area (Å²) in [5.41, 5.74) is 1.27. The first-order chi connectivity index (χ1) is 8.12. The topological polar surface area (TPSA) is 28.2 Å². The third-order valence-electron chi connectivity index (χ3n) is 2.91. The SMILES string of the molecule is CCN(CC)Cc1nc(C(C)C)c(CNC)s1.